The maximum absolute atomic E-state index is 12.1. The Hall–Kier alpha value is -1.36. The summed E-state index contributed by atoms with van der Waals surface area (Å²) in [6.45, 7) is 2.13. The van der Waals surface area contributed by atoms with Gasteiger partial charge in [0, 0.05) is 12.4 Å². The highest BCUT2D eigenvalue weighted by Crippen LogP contribution is 2.12. The van der Waals surface area contributed by atoms with Crippen molar-refractivity contribution in [2.75, 3.05) is 0 Å². The van der Waals surface area contributed by atoms with Gasteiger partial charge in [-0.1, -0.05) is 36.4 Å². The molecule has 0 amide bonds. The number of rotatable bonds is 5. The Morgan fingerprint density at radius 3 is 2.30 bits per heavy atom. The van der Waals surface area contributed by atoms with Gasteiger partial charge in [-0.3, -0.25) is 0 Å². The fraction of sp³-hybridized carbons (Fsp3) is 0.200. The van der Waals surface area contributed by atoms with Crippen LogP contribution in [0.3, 0.4) is 0 Å². The molecule has 2 aromatic carbocycles. The van der Waals surface area contributed by atoms with Crippen LogP contribution in [-0.2, 0) is 22.4 Å². The second-order valence-corrected chi connectivity index (χ2v) is 6.63. The average Bonchev–Trinajstić information content (AvgIpc) is 2.46. The zero-order valence-electron chi connectivity index (χ0n) is 11.1. The van der Waals surface area contributed by atoms with Gasteiger partial charge in [-0.2, -0.15) is 0 Å². The van der Waals surface area contributed by atoms with Gasteiger partial charge in [-0.25, -0.2) is 13.1 Å². The monoisotopic (exact) mass is 309 g/mol. The molecule has 0 saturated heterocycles. The highest BCUT2D eigenvalue weighted by molar-refractivity contribution is 7.89. The van der Waals surface area contributed by atoms with E-state index in [1.165, 1.54) is 0 Å². The Morgan fingerprint density at radius 1 is 1.05 bits per heavy atom. The maximum atomic E-state index is 12.1. The summed E-state index contributed by atoms with van der Waals surface area (Å²) in [5.74, 6) is 0.454. The van der Waals surface area contributed by atoms with Crippen LogP contribution in [0.25, 0.3) is 0 Å². The van der Waals surface area contributed by atoms with E-state index in [1.807, 2.05) is 37.3 Å². The number of nitrogens with one attached hydrogen (secondary N) is 1. The second-order valence-electron chi connectivity index (χ2n) is 4.59. The number of alkyl halides is 1. The van der Waals surface area contributed by atoms with E-state index in [1.54, 1.807) is 18.2 Å². The molecule has 0 atom stereocenters. The van der Waals surface area contributed by atoms with Crippen molar-refractivity contribution in [2.24, 2.45) is 0 Å². The summed E-state index contributed by atoms with van der Waals surface area (Å²) < 4.78 is 26.9. The molecule has 106 valence electrons. The van der Waals surface area contributed by atoms with E-state index in [2.05, 4.69) is 4.72 Å². The van der Waals surface area contributed by atoms with Crippen molar-refractivity contribution in [3.63, 3.8) is 0 Å². The minimum Gasteiger partial charge on any atom is -0.207 e. The molecule has 20 heavy (non-hydrogen) atoms. The molecule has 0 radical (unpaired) electrons. The number of sulfonamides is 1. The molecule has 0 unspecified atom stereocenters. The first kappa shape index (κ1) is 15.0. The molecule has 3 nitrogen and oxygen atoms in total. The first-order valence-corrected chi connectivity index (χ1v) is 8.23. The molecule has 5 heteroatoms. The van der Waals surface area contributed by atoms with E-state index in [-0.39, 0.29) is 11.4 Å². The number of halogens is 1. The molecule has 0 aliphatic heterocycles. The van der Waals surface area contributed by atoms with Gasteiger partial charge in [0.15, 0.2) is 0 Å². The number of hydrogen-bond acceptors (Lipinski definition) is 2. The molecule has 0 bridgehead atoms. The summed E-state index contributed by atoms with van der Waals surface area (Å²) in [6, 6.07) is 14.4. The zero-order valence-corrected chi connectivity index (χ0v) is 12.7. The van der Waals surface area contributed by atoms with Crippen LogP contribution in [0.15, 0.2) is 53.4 Å². The van der Waals surface area contributed by atoms with Crippen molar-refractivity contribution < 1.29 is 8.42 Å². The molecule has 0 aliphatic carbocycles. The molecule has 0 spiro atoms. The van der Waals surface area contributed by atoms with Gasteiger partial charge in [0.25, 0.3) is 0 Å². The molecular formula is C15H16ClNO2S. The van der Waals surface area contributed by atoms with Gasteiger partial charge in [-0.15, -0.1) is 11.6 Å². The van der Waals surface area contributed by atoms with E-state index in [0.29, 0.717) is 5.88 Å². The summed E-state index contributed by atoms with van der Waals surface area (Å²) in [5.41, 5.74) is 2.83. The van der Waals surface area contributed by atoms with Crippen molar-refractivity contribution in [3.8, 4) is 0 Å². The smallest absolute Gasteiger partial charge is 0.207 e. The van der Waals surface area contributed by atoms with Gasteiger partial charge in [0.2, 0.25) is 10.0 Å². The molecular weight excluding hydrogens is 294 g/mol. The predicted octanol–water partition coefficient (Wildman–Crippen LogP) is 3.21. The minimum atomic E-state index is -3.47. The fourth-order valence-electron chi connectivity index (χ4n) is 1.79. The van der Waals surface area contributed by atoms with E-state index in [0.717, 1.165) is 16.7 Å². The summed E-state index contributed by atoms with van der Waals surface area (Å²) >= 11 is 5.71. The summed E-state index contributed by atoms with van der Waals surface area (Å²) in [5, 5.41) is 0. The van der Waals surface area contributed by atoms with Crippen molar-refractivity contribution in [1.82, 2.24) is 4.72 Å². The van der Waals surface area contributed by atoms with Crippen molar-refractivity contribution in [1.29, 1.82) is 0 Å². The lowest BCUT2D eigenvalue weighted by Gasteiger charge is -2.08. The van der Waals surface area contributed by atoms with Crippen LogP contribution in [0.2, 0.25) is 0 Å². The van der Waals surface area contributed by atoms with Crippen molar-refractivity contribution >= 4 is 21.6 Å². The van der Waals surface area contributed by atoms with Gasteiger partial charge in [-0.05, 0) is 35.7 Å². The lowest BCUT2D eigenvalue weighted by molar-refractivity contribution is 0.581. The molecule has 2 aromatic rings. The standard InChI is InChI=1S/C15H16ClNO2S/c1-12-3-2-4-15(9-12)20(18,19)17-11-14-7-5-13(10-16)6-8-14/h2-9,17H,10-11H2,1H3. The van der Waals surface area contributed by atoms with Crippen LogP contribution < -0.4 is 4.72 Å². The SMILES string of the molecule is Cc1cccc(S(=O)(=O)NCc2ccc(CCl)cc2)c1. The van der Waals surface area contributed by atoms with Crippen molar-refractivity contribution in [3.05, 3.63) is 65.2 Å². The largest absolute Gasteiger partial charge is 0.240 e. The van der Waals surface area contributed by atoms with Gasteiger partial charge in [0.05, 0.1) is 4.90 Å². The minimum absolute atomic E-state index is 0.263. The second kappa shape index (κ2) is 6.39. The van der Waals surface area contributed by atoms with E-state index in [4.69, 9.17) is 11.6 Å². The highest BCUT2D eigenvalue weighted by Gasteiger charge is 2.13. The van der Waals surface area contributed by atoms with Crippen LogP contribution in [0.1, 0.15) is 16.7 Å². The maximum Gasteiger partial charge on any atom is 0.240 e. The molecule has 0 aromatic heterocycles. The van der Waals surface area contributed by atoms with Gasteiger partial charge >= 0.3 is 0 Å². The van der Waals surface area contributed by atoms with Crippen LogP contribution >= 0.6 is 11.6 Å². The van der Waals surface area contributed by atoms with E-state index < -0.39 is 10.0 Å². The quantitative estimate of drug-likeness (QED) is 0.862. The molecule has 1 N–H and O–H groups in total. The van der Waals surface area contributed by atoms with E-state index in [9.17, 15) is 8.42 Å². The third-order valence-electron chi connectivity index (χ3n) is 2.94. The molecule has 0 heterocycles. The van der Waals surface area contributed by atoms with Crippen LogP contribution in [0.5, 0.6) is 0 Å². The van der Waals surface area contributed by atoms with Crippen LogP contribution in [0.4, 0.5) is 0 Å². The summed E-state index contributed by atoms with van der Waals surface area (Å²) in [6.07, 6.45) is 0. The van der Waals surface area contributed by atoms with Crippen molar-refractivity contribution in [2.45, 2.75) is 24.2 Å². The Labute approximate surface area is 124 Å². The Morgan fingerprint density at radius 2 is 1.70 bits per heavy atom. The molecule has 0 aliphatic rings. The summed E-state index contributed by atoms with van der Waals surface area (Å²) in [4.78, 5) is 0.287. The number of hydrogen-bond donors (Lipinski definition) is 1. The molecule has 0 saturated carbocycles. The third kappa shape index (κ3) is 3.82. The third-order valence-corrected chi connectivity index (χ3v) is 4.65. The van der Waals surface area contributed by atoms with Crippen LogP contribution in [-0.4, -0.2) is 8.42 Å². The number of benzene rings is 2. The number of aryl methyl sites for hydroxylation is 1. The van der Waals surface area contributed by atoms with Gasteiger partial charge < -0.3 is 0 Å². The highest BCUT2D eigenvalue weighted by atomic mass is 35.5. The Kier molecular flexibility index (Phi) is 4.81. The molecule has 2 rings (SSSR count). The fourth-order valence-corrected chi connectivity index (χ4v) is 3.09. The Balaban J connectivity index is 2.09. The first-order valence-electron chi connectivity index (χ1n) is 6.21. The molecule has 0 fully saturated rings. The van der Waals surface area contributed by atoms with Crippen LogP contribution in [0, 0.1) is 6.92 Å². The lowest BCUT2D eigenvalue weighted by Crippen LogP contribution is -2.23. The predicted molar refractivity (Wildman–Crippen MR) is 81.2 cm³/mol. The topological polar surface area (TPSA) is 46.2 Å². The average molecular weight is 310 g/mol. The lowest BCUT2D eigenvalue weighted by atomic mass is 10.1. The normalized spacial score (nSPS) is 11.5. The van der Waals surface area contributed by atoms with Gasteiger partial charge in [0.1, 0.15) is 0 Å². The first-order chi connectivity index (χ1) is 9.51. The Bertz CT molecular complexity index is 681. The summed E-state index contributed by atoms with van der Waals surface area (Å²) in [7, 11) is -3.47. The zero-order chi connectivity index (χ0) is 14.6. The van der Waals surface area contributed by atoms with E-state index >= 15 is 0 Å².